The van der Waals surface area contributed by atoms with Gasteiger partial charge in [0.2, 0.25) is 5.43 Å². The summed E-state index contributed by atoms with van der Waals surface area (Å²) in [7, 11) is 0. The molecule has 23 heavy (non-hydrogen) atoms. The van der Waals surface area contributed by atoms with Crippen molar-refractivity contribution >= 4 is 21.9 Å². The molecule has 0 aliphatic rings. The fourth-order valence-corrected chi connectivity index (χ4v) is 2.71. The van der Waals surface area contributed by atoms with E-state index in [2.05, 4.69) is 4.98 Å². The predicted octanol–water partition coefficient (Wildman–Crippen LogP) is 4.02. The first-order chi connectivity index (χ1) is 11.1. The molecule has 0 unspecified atom stereocenters. The van der Waals surface area contributed by atoms with Crippen molar-refractivity contribution in [2.45, 2.75) is 6.92 Å². The molecule has 0 saturated carbocycles. The molecule has 0 spiro atoms. The minimum absolute atomic E-state index is 0.114. The van der Waals surface area contributed by atoms with Gasteiger partial charge < -0.3 is 9.52 Å². The molecule has 4 heteroatoms. The Morgan fingerprint density at radius 3 is 2.87 bits per heavy atom. The number of benzene rings is 2. The maximum Gasteiger partial charge on any atom is 0.200 e. The zero-order chi connectivity index (χ0) is 16.0. The monoisotopic (exact) mass is 303 g/mol. The van der Waals surface area contributed by atoms with Crippen LogP contribution in [0.3, 0.4) is 0 Å². The van der Waals surface area contributed by atoms with Crippen LogP contribution >= 0.6 is 0 Å². The summed E-state index contributed by atoms with van der Waals surface area (Å²) in [6.45, 7) is 1.75. The number of pyridine rings is 1. The summed E-state index contributed by atoms with van der Waals surface area (Å²) in [5, 5.41) is 11.2. The van der Waals surface area contributed by atoms with Gasteiger partial charge in [-0.3, -0.25) is 9.78 Å². The molecule has 112 valence electrons. The Labute approximate surface area is 131 Å². The molecular weight excluding hydrogens is 290 g/mol. The summed E-state index contributed by atoms with van der Waals surface area (Å²) in [6, 6.07) is 12.7. The molecule has 0 radical (unpaired) electrons. The standard InChI is InChI=1S/C19H13NO3/c1-11-7-14-18(9-17(11)21)23-10-15(19(14)22)13-5-4-12-3-2-6-20-16(12)8-13/h2-10,21H,1H3. The molecule has 2 aromatic heterocycles. The average molecular weight is 303 g/mol. The van der Waals surface area contributed by atoms with Crippen LogP contribution in [0.25, 0.3) is 33.0 Å². The Morgan fingerprint density at radius 1 is 1.13 bits per heavy atom. The molecule has 4 nitrogen and oxygen atoms in total. The Bertz CT molecular complexity index is 1110. The van der Waals surface area contributed by atoms with Crippen molar-refractivity contribution in [3.05, 3.63) is 70.7 Å². The van der Waals surface area contributed by atoms with E-state index in [0.717, 1.165) is 16.5 Å². The molecule has 4 aromatic rings. The Morgan fingerprint density at radius 2 is 2.00 bits per heavy atom. The Balaban J connectivity index is 1.98. The van der Waals surface area contributed by atoms with Crippen molar-refractivity contribution < 1.29 is 9.52 Å². The molecule has 2 heterocycles. The zero-order valence-corrected chi connectivity index (χ0v) is 12.4. The summed E-state index contributed by atoms with van der Waals surface area (Å²) in [5.74, 6) is 0.114. The smallest absolute Gasteiger partial charge is 0.200 e. The SMILES string of the molecule is Cc1cc2c(=O)c(-c3ccc4cccnc4c3)coc2cc1O. The van der Waals surface area contributed by atoms with Crippen LogP contribution in [0, 0.1) is 6.92 Å². The maximum absolute atomic E-state index is 12.8. The number of fused-ring (bicyclic) bond motifs is 2. The van der Waals surface area contributed by atoms with Crippen LogP contribution in [-0.2, 0) is 0 Å². The second kappa shape index (κ2) is 4.95. The Hall–Kier alpha value is -3.14. The van der Waals surface area contributed by atoms with Gasteiger partial charge in [0.25, 0.3) is 0 Å². The highest BCUT2D eigenvalue weighted by Gasteiger charge is 2.11. The Kier molecular flexibility index (Phi) is 2.91. The fourth-order valence-electron chi connectivity index (χ4n) is 2.71. The normalized spacial score (nSPS) is 11.2. The second-order valence-electron chi connectivity index (χ2n) is 5.52. The van der Waals surface area contributed by atoms with Crippen LogP contribution in [0.4, 0.5) is 0 Å². The minimum Gasteiger partial charge on any atom is -0.508 e. The molecule has 4 rings (SSSR count). The summed E-state index contributed by atoms with van der Waals surface area (Å²) >= 11 is 0. The topological polar surface area (TPSA) is 63.3 Å². The van der Waals surface area contributed by atoms with Gasteiger partial charge in [0.15, 0.2) is 0 Å². The molecule has 0 amide bonds. The lowest BCUT2D eigenvalue weighted by Gasteiger charge is -2.06. The van der Waals surface area contributed by atoms with Gasteiger partial charge in [0.05, 0.1) is 16.5 Å². The van der Waals surface area contributed by atoms with Gasteiger partial charge in [-0.05, 0) is 36.2 Å². The number of phenolic OH excluding ortho intramolecular Hbond substituents is 1. The number of hydrogen-bond acceptors (Lipinski definition) is 4. The van der Waals surface area contributed by atoms with E-state index in [0.29, 0.717) is 22.1 Å². The van der Waals surface area contributed by atoms with Crippen LogP contribution in [0.15, 0.2) is 64.1 Å². The number of phenols is 1. The lowest BCUT2D eigenvalue weighted by atomic mass is 10.0. The van der Waals surface area contributed by atoms with E-state index in [4.69, 9.17) is 4.42 Å². The molecule has 0 bridgehead atoms. The first-order valence-corrected chi connectivity index (χ1v) is 7.24. The summed E-state index contributed by atoms with van der Waals surface area (Å²) in [6.07, 6.45) is 3.16. The third-order valence-corrected chi connectivity index (χ3v) is 4.01. The quantitative estimate of drug-likeness (QED) is 0.577. The largest absolute Gasteiger partial charge is 0.508 e. The van der Waals surface area contributed by atoms with Crippen molar-refractivity contribution in [2.24, 2.45) is 0 Å². The van der Waals surface area contributed by atoms with Gasteiger partial charge in [0.1, 0.15) is 17.6 Å². The maximum atomic E-state index is 12.8. The van der Waals surface area contributed by atoms with E-state index in [1.165, 1.54) is 12.3 Å². The second-order valence-corrected chi connectivity index (χ2v) is 5.52. The summed E-state index contributed by atoms with van der Waals surface area (Å²) < 4.78 is 5.55. The molecule has 2 aromatic carbocycles. The van der Waals surface area contributed by atoms with Gasteiger partial charge in [-0.1, -0.05) is 18.2 Å². The molecule has 0 aliphatic heterocycles. The van der Waals surface area contributed by atoms with Gasteiger partial charge in [-0.25, -0.2) is 0 Å². The van der Waals surface area contributed by atoms with Crippen LogP contribution in [0.5, 0.6) is 5.75 Å². The number of aryl methyl sites for hydroxylation is 1. The van der Waals surface area contributed by atoms with E-state index in [-0.39, 0.29) is 11.2 Å². The first kappa shape index (κ1) is 13.5. The number of hydrogen-bond donors (Lipinski definition) is 1. The number of aromatic nitrogens is 1. The fraction of sp³-hybridized carbons (Fsp3) is 0.0526. The van der Waals surface area contributed by atoms with Gasteiger partial charge in [-0.15, -0.1) is 0 Å². The van der Waals surface area contributed by atoms with Gasteiger partial charge >= 0.3 is 0 Å². The molecule has 0 saturated heterocycles. The highest BCUT2D eigenvalue weighted by atomic mass is 16.3. The number of aromatic hydroxyl groups is 1. The van der Waals surface area contributed by atoms with Crippen molar-refractivity contribution in [3.8, 4) is 16.9 Å². The summed E-state index contributed by atoms with van der Waals surface area (Å²) in [5.41, 5.74) is 2.96. The van der Waals surface area contributed by atoms with Crippen LogP contribution in [0.2, 0.25) is 0 Å². The molecule has 0 fully saturated rings. The molecule has 0 aliphatic carbocycles. The van der Waals surface area contributed by atoms with Crippen LogP contribution < -0.4 is 5.43 Å². The lowest BCUT2D eigenvalue weighted by molar-refractivity contribution is 0.470. The van der Waals surface area contributed by atoms with E-state index in [1.807, 2.05) is 30.3 Å². The van der Waals surface area contributed by atoms with Crippen molar-refractivity contribution in [3.63, 3.8) is 0 Å². The van der Waals surface area contributed by atoms with E-state index < -0.39 is 0 Å². The zero-order valence-electron chi connectivity index (χ0n) is 12.4. The highest BCUT2D eigenvalue weighted by Crippen LogP contribution is 2.26. The molecule has 0 atom stereocenters. The number of rotatable bonds is 1. The van der Waals surface area contributed by atoms with E-state index in [9.17, 15) is 9.90 Å². The van der Waals surface area contributed by atoms with E-state index >= 15 is 0 Å². The van der Waals surface area contributed by atoms with Crippen molar-refractivity contribution in [2.75, 3.05) is 0 Å². The first-order valence-electron chi connectivity index (χ1n) is 7.24. The third-order valence-electron chi connectivity index (χ3n) is 4.01. The minimum atomic E-state index is -0.121. The van der Waals surface area contributed by atoms with Gasteiger partial charge in [-0.2, -0.15) is 0 Å². The molecule has 1 N–H and O–H groups in total. The molecular formula is C19H13NO3. The van der Waals surface area contributed by atoms with E-state index in [1.54, 1.807) is 19.2 Å². The lowest BCUT2D eigenvalue weighted by Crippen LogP contribution is -2.05. The predicted molar refractivity (Wildman–Crippen MR) is 89.6 cm³/mol. The van der Waals surface area contributed by atoms with Crippen LogP contribution in [0.1, 0.15) is 5.56 Å². The third kappa shape index (κ3) is 2.16. The average Bonchev–Trinajstić information content (AvgIpc) is 2.57. The summed E-state index contributed by atoms with van der Waals surface area (Å²) in [4.78, 5) is 17.1. The van der Waals surface area contributed by atoms with Crippen molar-refractivity contribution in [1.29, 1.82) is 0 Å². The van der Waals surface area contributed by atoms with Gasteiger partial charge in [0, 0.05) is 17.6 Å². The highest BCUT2D eigenvalue weighted by molar-refractivity contribution is 5.87. The number of nitrogens with zero attached hydrogens (tertiary/aromatic N) is 1. The van der Waals surface area contributed by atoms with Crippen molar-refractivity contribution in [1.82, 2.24) is 4.98 Å². The van der Waals surface area contributed by atoms with Crippen LogP contribution in [-0.4, -0.2) is 10.1 Å².